The molecule has 1 rings (SSSR count). The SMILES string of the molecule is FC(F)(F)OCC1CC1. The van der Waals surface area contributed by atoms with Gasteiger partial charge in [-0.15, -0.1) is 13.2 Å². The molecule has 1 fully saturated rings. The lowest BCUT2D eigenvalue weighted by Crippen LogP contribution is -2.14. The summed E-state index contributed by atoms with van der Waals surface area (Å²) in [5, 5.41) is 0. The summed E-state index contributed by atoms with van der Waals surface area (Å²) < 4.78 is 37.2. The normalized spacial score (nSPS) is 20.3. The number of hydrogen-bond acceptors (Lipinski definition) is 1. The van der Waals surface area contributed by atoms with Gasteiger partial charge in [-0.1, -0.05) is 0 Å². The van der Waals surface area contributed by atoms with Crippen molar-refractivity contribution in [3.8, 4) is 0 Å². The number of ether oxygens (including phenoxy) is 1. The zero-order valence-electron chi connectivity index (χ0n) is 4.74. The predicted octanol–water partition coefficient (Wildman–Crippen LogP) is 1.93. The van der Waals surface area contributed by atoms with Crippen LogP contribution in [0.25, 0.3) is 0 Å². The smallest absolute Gasteiger partial charge is 0.292 e. The highest BCUT2D eigenvalue weighted by Gasteiger charge is 2.33. The zero-order valence-corrected chi connectivity index (χ0v) is 4.74. The van der Waals surface area contributed by atoms with Crippen LogP contribution in [-0.2, 0) is 4.74 Å². The van der Waals surface area contributed by atoms with E-state index in [9.17, 15) is 13.2 Å². The highest BCUT2D eigenvalue weighted by atomic mass is 19.4. The average Bonchev–Trinajstić information content (AvgIpc) is 2.38. The van der Waals surface area contributed by atoms with Gasteiger partial charge in [0.25, 0.3) is 0 Å². The Kier molecular flexibility index (Phi) is 1.66. The highest BCUT2D eigenvalue weighted by molar-refractivity contribution is 4.71. The lowest BCUT2D eigenvalue weighted by atomic mass is 10.5. The first kappa shape index (κ1) is 6.86. The van der Waals surface area contributed by atoms with Gasteiger partial charge in [-0.05, 0) is 18.8 Å². The van der Waals surface area contributed by atoms with Crippen LogP contribution in [0.5, 0.6) is 0 Å². The van der Waals surface area contributed by atoms with Crippen molar-refractivity contribution in [2.75, 3.05) is 6.61 Å². The van der Waals surface area contributed by atoms with Crippen LogP contribution in [0.2, 0.25) is 0 Å². The van der Waals surface area contributed by atoms with Gasteiger partial charge < -0.3 is 0 Å². The Hall–Kier alpha value is -0.250. The van der Waals surface area contributed by atoms with Gasteiger partial charge >= 0.3 is 6.36 Å². The highest BCUT2D eigenvalue weighted by Crippen LogP contribution is 2.31. The quantitative estimate of drug-likeness (QED) is 0.569. The summed E-state index contributed by atoms with van der Waals surface area (Å²) in [5.41, 5.74) is 0. The van der Waals surface area contributed by atoms with Gasteiger partial charge in [-0.2, -0.15) is 0 Å². The minimum absolute atomic E-state index is 0.149. The third kappa shape index (κ3) is 3.35. The van der Waals surface area contributed by atoms with Crippen molar-refractivity contribution in [3.05, 3.63) is 0 Å². The Morgan fingerprint density at radius 2 is 1.89 bits per heavy atom. The van der Waals surface area contributed by atoms with Crippen LogP contribution in [0.15, 0.2) is 0 Å². The molecule has 0 aromatic rings. The number of alkyl halides is 3. The van der Waals surface area contributed by atoms with Crippen molar-refractivity contribution < 1.29 is 17.9 Å². The van der Waals surface area contributed by atoms with Crippen molar-refractivity contribution in [3.63, 3.8) is 0 Å². The molecule has 0 N–H and O–H groups in total. The van der Waals surface area contributed by atoms with E-state index in [4.69, 9.17) is 0 Å². The lowest BCUT2D eigenvalue weighted by molar-refractivity contribution is -0.326. The standard InChI is InChI=1S/C5H7F3O/c6-5(7,8)9-3-4-1-2-4/h4H,1-3H2. The van der Waals surface area contributed by atoms with Crippen LogP contribution in [-0.4, -0.2) is 13.0 Å². The molecular formula is C5H7F3O. The molecule has 4 heteroatoms. The summed E-state index contributed by atoms with van der Waals surface area (Å²) in [6, 6.07) is 0. The number of rotatable bonds is 2. The van der Waals surface area contributed by atoms with Crippen molar-refractivity contribution in [2.45, 2.75) is 19.2 Å². The number of hydrogen-bond donors (Lipinski definition) is 0. The van der Waals surface area contributed by atoms with E-state index in [2.05, 4.69) is 4.74 Å². The topological polar surface area (TPSA) is 9.23 Å². The van der Waals surface area contributed by atoms with Gasteiger partial charge in [0, 0.05) is 0 Å². The van der Waals surface area contributed by atoms with E-state index in [-0.39, 0.29) is 12.5 Å². The van der Waals surface area contributed by atoms with Crippen molar-refractivity contribution in [2.24, 2.45) is 5.92 Å². The molecule has 9 heavy (non-hydrogen) atoms. The Bertz CT molecular complexity index is 94.9. The largest absolute Gasteiger partial charge is 0.522 e. The average molecular weight is 140 g/mol. The molecule has 0 unspecified atom stereocenters. The zero-order chi connectivity index (χ0) is 6.91. The fraction of sp³-hybridized carbons (Fsp3) is 1.00. The van der Waals surface area contributed by atoms with Crippen LogP contribution < -0.4 is 0 Å². The fourth-order valence-electron chi connectivity index (χ4n) is 0.497. The maximum atomic E-state index is 11.2. The first-order valence-corrected chi connectivity index (χ1v) is 2.78. The molecule has 0 atom stereocenters. The van der Waals surface area contributed by atoms with Gasteiger partial charge in [0.2, 0.25) is 0 Å². The van der Waals surface area contributed by atoms with Crippen LogP contribution in [0.1, 0.15) is 12.8 Å². The minimum atomic E-state index is -4.43. The van der Waals surface area contributed by atoms with E-state index in [1.165, 1.54) is 0 Å². The van der Waals surface area contributed by atoms with E-state index in [1.807, 2.05) is 0 Å². The molecule has 1 saturated carbocycles. The third-order valence-electron chi connectivity index (χ3n) is 1.18. The molecule has 1 aliphatic rings. The van der Waals surface area contributed by atoms with Crippen molar-refractivity contribution in [1.82, 2.24) is 0 Å². The molecular weight excluding hydrogens is 133 g/mol. The van der Waals surface area contributed by atoms with E-state index < -0.39 is 6.36 Å². The second-order valence-corrected chi connectivity index (χ2v) is 2.20. The molecule has 1 nitrogen and oxygen atoms in total. The maximum Gasteiger partial charge on any atom is 0.522 e. The third-order valence-corrected chi connectivity index (χ3v) is 1.18. The molecule has 0 bridgehead atoms. The molecule has 0 amide bonds. The summed E-state index contributed by atoms with van der Waals surface area (Å²) in [5.74, 6) is 0.173. The van der Waals surface area contributed by atoms with Crippen molar-refractivity contribution in [1.29, 1.82) is 0 Å². The second kappa shape index (κ2) is 2.17. The molecule has 0 heterocycles. The molecule has 0 aromatic heterocycles. The van der Waals surface area contributed by atoms with Crippen LogP contribution in [0, 0.1) is 5.92 Å². The monoisotopic (exact) mass is 140 g/mol. The molecule has 0 aromatic carbocycles. The molecule has 1 aliphatic carbocycles. The van der Waals surface area contributed by atoms with Crippen LogP contribution in [0.4, 0.5) is 13.2 Å². The second-order valence-electron chi connectivity index (χ2n) is 2.20. The van der Waals surface area contributed by atoms with Crippen molar-refractivity contribution >= 4 is 0 Å². The predicted molar refractivity (Wildman–Crippen MR) is 24.7 cm³/mol. The Morgan fingerprint density at radius 1 is 1.33 bits per heavy atom. The van der Waals surface area contributed by atoms with E-state index >= 15 is 0 Å². The number of halogens is 3. The fourth-order valence-corrected chi connectivity index (χ4v) is 0.497. The Balaban J connectivity index is 2.03. The van der Waals surface area contributed by atoms with E-state index in [0.717, 1.165) is 12.8 Å². The summed E-state index contributed by atoms with van der Waals surface area (Å²) in [7, 11) is 0. The van der Waals surface area contributed by atoms with Gasteiger partial charge in [-0.25, -0.2) is 0 Å². The van der Waals surface area contributed by atoms with E-state index in [1.54, 1.807) is 0 Å². The summed E-state index contributed by atoms with van der Waals surface area (Å²) in [6.45, 7) is -0.149. The van der Waals surface area contributed by atoms with Crippen LogP contribution in [0.3, 0.4) is 0 Å². The maximum absolute atomic E-state index is 11.2. The molecule has 0 radical (unpaired) electrons. The summed E-state index contributed by atoms with van der Waals surface area (Å²) in [4.78, 5) is 0. The van der Waals surface area contributed by atoms with Crippen LogP contribution >= 0.6 is 0 Å². The molecule has 0 saturated heterocycles. The first-order valence-electron chi connectivity index (χ1n) is 2.78. The summed E-state index contributed by atoms with van der Waals surface area (Å²) in [6.07, 6.45) is -2.66. The van der Waals surface area contributed by atoms with Gasteiger partial charge in [-0.3, -0.25) is 4.74 Å². The molecule has 0 spiro atoms. The Labute approximate surface area is 50.8 Å². The minimum Gasteiger partial charge on any atom is -0.292 e. The Morgan fingerprint density at radius 3 is 2.22 bits per heavy atom. The first-order chi connectivity index (χ1) is 4.08. The lowest BCUT2D eigenvalue weighted by Gasteiger charge is -2.04. The summed E-state index contributed by atoms with van der Waals surface area (Å²) >= 11 is 0. The van der Waals surface area contributed by atoms with Gasteiger partial charge in [0.1, 0.15) is 0 Å². The van der Waals surface area contributed by atoms with Gasteiger partial charge in [0.15, 0.2) is 0 Å². The van der Waals surface area contributed by atoms with E-state index in [0.29, 0.717) is 0 Å². The molecule has 0 aliphatic heterocycles. The molecule has 54 valence electrons. The van der Waals surface area contributed by atoms with Gasteiger partial charge in [0.05, 0.1) is 6.61 Å².